The lowest BCUT2D eigenvalue weighted by Gasteiger charge is -2.31. The van der Waals surface area contributed by atoms with E-state index >= 15 is 0 Å². The molecule has 1 unspecified atom stereocenters. The molecule has 0 amide bonds. The molecular formula is C11H20N2O. The second-order valence-electron chi connectivity index (χ2n) is 4.50. The fourth-order valence-electron chi connectivity index (χ4n) is 1.50. The highest BCUT2D eigenvalue weighted by Gasteiger charge is 2.35. The van der Waals surface area contributed by atoms with E-state index in [9.17, 15) is 5.26 Å². The maximum atomic E-state index is 9.22. The highest BCUT2D eigenvalue weighted by Crippen LogP contribution is 2.29. The summed E-state index contributed by atoms with van der Waals surface area (Å²) in [5, 5.41) is 12.6. The van der Waals surface area contributed by atoms with Crippen LogP contribution in [0.15, 0.2) is 0 Å². The zero-order valence-electron chi connectivity index (χ0n) is 9.34. The van der Waals surface area contributed by atoms with Gasteiger partial charge in [0.25, 0.3) is 0 Å². The fourth-order valence-corrected chi connectivity index (χ4v) is 1.50. The van der Waals surface area contributed by atoms with Gasteiger partial charge in [0.05, 0.1) is 12.7 Å². The molecule has 80 valence electrons. The molecule has 1 rings (SSSR count). The lowest BCUT2D eigenvalue weighted by Crippen LogP contribution is -2.52. The lowest BCUT2D eigenvalue weighted by molar-refractivity contribution is 0.111. The molecule has 0 aliphatic heterocycles. The summed E-state index contributed by atoms with van der Waals surface area (Å²) in [4.78, 5) is 0. The predicted octanol–water partition coefficient (Wildman–Crippen LogP) is 1.55. The number of nitriles is 1. The minimum absolute atomic E-state index is 0.270. The normalized spacial score (nSPS) is 20.5. The molecule has 0 aromatic rings. The van der Waals surface area contributed by atoms with E-state index in [0.29, 0.717) is 6.61 Å². The van der Waals surface area contributed by atoms with E-state index in [1.54, 1.807) is 7.11 Å². The van der Waals surface area contributed by atoms with Crippen molar-refractivity contribution >= 4 is 0 Å². The van der Waals surface area contributed by atoms with Gasteiger partial charge >= 0.3 is 0 Å². The van der Waals surface area contributed by atoms with Gasteiger partial charge in [0.2, 0.25) is 0 Å². The third kappa shape index (κ3) is 2.70. The highest BCUT2D eigenvalue weighted by atomic mass is 16.5. The number of hydrogen-bond donors (Lipinski definition) is 1. The van der Waals surface area contributed by atoms with Crippen molar-refractivity contribution < 1.29 is 4.74 Å². The molecule has 1 saturated carbocycles. The van der Waals surface area contributed by atoms with Crippen molar-refractivity contribution in [1.82, 2.24) is 5.32 Å². The Hall–Kier alpha value is -0.590. The first-order chi connectivity index (χ1) is 6.64. The number of nitrogens with one attached hydrogen (secondary N) is 1. The summed E-state index contributed by atoms with van der Waals surface area (Å²) in [5.41, 5.74) is -0.503. The van der Waals surface area contributed by atoms with Gasteiger partial charge in [-0.05, 0) is 31.2 Å². The van der Waals surface area contributed by atoms with Crippen LogP contribution in [-0.2, 0) is 4.74 Å². The third-order valence-corrected chi connectivity index (χ3v) is 2.96. The van der Waals surface area contributed by atoms with Crippen LogP contribution < -0.4 is 5.32 Å². The van der Waals surface area contributed by atoms with Crippen LogP contribution in [0.3, 0.4) is 0 Å². The topological polar surface area (TPSA) is 45.0 Å². The maximum absolute atomic E-state index is 9.22. The van der Waals surface area contributed by atoms with Crippen LogP contribution in [0, 0.1) is 23.2 Å². The van der Waals surface area contributed by atoms with E-state index in [2.05, 4.69) is 25.2 Å². The smallest absolute Gasteiger partial charge is 0.132 e. The Morgan fingerprint density at radius 2 is 2.21 bits per heavy atom. The molecular weight excluding hydrogens is 176 g/mol. The van der Waals surface area contributed by atoms with Crippen molar-refractivity contribution in [1.29, 1.82) is 5.26 Å². The maximum Gasteiger partial charge on any atom is 0.132 e. The Kier molecular flexibility index (Phi) is 3.91. The molecule has 0 aromatic heterocycles. The zero-order chi connectivity index (χ0) is 10.6. The molecule has 1 aliphatic carbocycles. The Bertz CT molecular complexity index is 218. The quantitative estimate of drug-likeness (QED) is 0.701. The van der Waals surface area contributed by atoms with Crippen LogP contribution in [0.1, 0.15) is 26.7 Å². The number of ether oxygens (including phenoxy) is 1. The average Bonchev–Trinajstić information content (AvgIpc) is 2.95. The summed E-state index contributed by atoms with van der Waals surface area (Å²) >= 11 is 0. The van der Waals surface area contributed by atoms with Crippen molar-refractivity contribution in [3.63, 3.8) is 0 Å². The first kappa shape index (κ1) is 11.5. The van der Waals surface area contributed by atoms with Gasteiger partial charge in [-0.1, -0.05) is 13.8 Å². The largest absolute Gasteiger partial charge is 0.382 e. The second kappa shape index (κ2) is 4.77. The standard InChI is InChI=1S/C11H20N2O/c1-9(2)11(7-12,8-14-3)13-6-10-4-5-10/h9-10,13H,4-6,8H2,1-3H3. The van der Waals surface area contributed by atoms with Gasteiger partial charge in [-0.3, -0.25) is 5.32 Å². The van der Waals surface area contributed by atoms with Crippen molar-refractivity contribution in [2.24, 2.45) is 11.8 Å². The minimum Gasteiger partial charge on any atom is -0.382 e. The van der Waals surface area contributed by atoms with Crippen molar-refractivity contribution in [3.8, 4) is 6.07 Å². The first-order valence-electron chi connectivity index (χ1n) is 5.30. The molecule has 3 nitrogen and oxygen atoms in total. The predicted molar refractivity (Wildman–Crippen MR) is 55.8 cm³/mol. The van der Waals surface area contributed by atoms with Crippen LogP contribution in [0.2, 0.25) is 0 Å². The van der Waals surface area contributed by atoms with Crippen LogP contribution in [0.25, 0.3) is 0 Å². The average molecular weight is 196 g/mol. The number of hydrogen-bond acceptors (Lipinski definition) is 3. The van der Waals surface area contributed by atoms with Gasteiger partial charge < -0.3 is 4.74 Å². The van der Waals surface area contributed by atoms with E-state index < -0.39 is 5.54 Å². The monoisotopic (exact) mass is 196 g/mol. The van der Waals surface area contributed by atoms with Gasteiger partial charge in [-0.25, -0.2) is 0 Å². The molecule has 0 radical (unpaired) electrons. The summed E-state index contributed by atoms with van der Waals surface area (Å²) in [6.07, 6.45) is 2.61. The van der Waals surface area contributed by atoms with Gasteiger partial charge in [0.1, 0.15) is 5.54 Å². The summed E-state index contributed by atoms with van der Waals surface area (Å²) in [6, 6.07) is 2.36. The van der Waals surface area contributed by atoms with E-state index in [-0.39, 0.29) is 5.92 Å². The molecule has 0 spiro atoms. The number of methoxy groups -OCH3 is 1. The van der Waals surface area contributed by atoms with Crippen LogP contribution in [0.5, 0.6) is 0 Å². The Morgan fingerprint density at radius 1 is 1.57 bits per heavy atom. The van der Waals surface area contributed by atoms with Crippen molar-refractivity contribution in [2.75, 3.05) is 20.3 Å². The highest BCUT2D eigenvalue weighted by molar-refractivity contribution is 5.09. The van der Waals surface area contributed by atoms with Gasteiger partial charge in [0, 0.05) is 7.11 Å². The third-order valence-electron chi connectivity index (χ3n) is 2.96. The molecule has 0 saturated heterocycles. The summed E-state index contributed by atoms with van der Waals surface area (Å²) in [5.74, 6) is 1.06. The van der Waals surface area contributed by atoms with E-state index in [4.69, 9.17) is 4.74 Å². The molecule has 0 aromatic carbocycles. The molecule has 1 N–H and O–H groups in total. The molecule has 0 heterocycles. The van der Waals surface area contributed by atoms with Gasteiger partial charge in [-0.2, -0.15) is 5.26 Å². The van der Waals surface area contributed by atoms with Gasteiger partial charge in [-0.15, -0.1) is 0 Å². The molecule has 0 bridgehead atoms. The van der Waals surface area contributed by atoms with E-state index in [1.165, 1.54) is 12.8 Å². The molecule has 3 heteroatoms. The lowest BCUT2D eigenvalue weighted by atomic mass is 9.88. The molecule has 1 fully saturated rings. The van der Waals surface area contributed by atoms with E-state index in [1.807, 2.05) is 0 Å². The number of nitrogens with zero attached hydrogens (tertiary/aromatic N) is 1. The Labute approximate surface area is 86.4 Å². The number of rotatable bonds is 6. The van der Waals surface area contributed by atoms with Gasteiger partial charge in [0.15, 0.2) is 0 Å². The Morgan fingerprint density at radius 3 is 2.57 bits per heavy atom. The first-order valence-corrected chi connectivity index (χ1v) is 5.30. The summed E-state index contributed by atoms with van der Waals surface area (Å²) in [6.45, 7) is 5.53. The van der Waals surface area contributed by atoms with Crippen molar-refractivity contribution in [3.05, 3.63) is 0 Å². The molecule has 14 heavy (non-hydrogen) atoms. The summed E-state index contributed by atoms with van der Waals surface area (Å²) in [7, 11) is 1.65. The zero-order valence-corrected chi connectivity index (χ0v) is 9.34. The fraction of sp³-hybridized carbons (Fsp3) is 0.909. The summed E-state index contributed by atoms with van der Waals surface area (Å²) < 4.78 is 5.13. The van der Waals surface area contributed by atoms with Crippen LogP contribution in [0.4, 0.5) is 0 Å². The second-order valence-corrected chi connectivity index (χ2v) is 4.50. The van der Waals surface area contributed by atoms with Crippen LogP contribution in [-0.4, -0.2) is 25.8 Å². The van der Waals surface area contributed by atoms with E-state index in [0.717, 1.165) is 12.5 Å². The SMILES string of the molecule is COCC(C#N)(NCC1CC1)C(C)C. The molecule has 1 aliphatic rings. The minimum atomic E-state index is -0.503. The molecule has 1 atom stereocenters. The van der Waals surface area contributed by atoms with Crippen molar-refractivity contribution in [2.45, 2.75) is 32.2 Å². The van der Waals surface area contributed by atoms with Crippen LogP contribution >= 0.6 is 0 Å². The Balaban J connectivity index is 2.52.